The lowest BCUT2D eigenvalue weighted by molar-refractivity contribution is -0.122. The van der Waals surface area contributed by atoms with E-state index in [0.29, 0.717) is 17.9 Å². The van der Waals surface area contributed by atoms with Gasteiger partial charge in [-0.1, -0.05) is 24.3 Å². The van der Waals surface area contributed by atoms with Crippen LogP contribution in [0.15, 0.2) is 53.6 Å². The number of ether oxygens (including phenoxy) is 2. The number of amides is 1. The van der Waals surface area contributed by atoms with Crippen LogP contribution >= 0.6 is 0 Å². The van der Waals surface area contributed by atoms with Gasteiger partial charge in [0.1, 0.15) is 12.4 Å². The Morgan fingerprint density at radius 2 is 1.88 bits per heavy atom. The molecule has 1 N–H and O–H groups in total. The number of para-hydroxylation sites is 1. The lowest BCUT2D eigenvalue weighted by atomic mass is 10.1. The van der Waals surface area contributed by atoms with Crippen LogP contribution in [-0.4, -0.2) is 25.2 Å². The second-order valence-corrected chi connectivity index (χ2v) is 6.02. The number of hydrogen-bond acceptors (Lipinski definition) is 5. The van der Waals surface area contributed by atoms with Gasteiger partial charge in [-0.15, -0.1) is 0 Å². The van der Waals surface area contributed by atoms with E-state index in [4.69, 9.17) is 4.74 Å². The quantitative estimate of drug-likeness (QED) is 0.472. The van der Waals surface area contributed by atoms with Gasteiger partial charge < -0.3 is 9.47 Å². The summed E-state index contributed by atoms with van der Waals surface area (Å²) >= 11 is 0. The Kier molecular flexibility index (Phi) is 5.63. The fraction of sp³-hybridized carbons (Fsp3) is 0.250. The minimum absolute atomic E-state index is 0.0367. The van der Waals surface area contributed by atoms with Crippen molar-refractivity contribution in [2.45, 2.75) is 19.4 Å². The van der Waals surface area contributed by atoms with E-state index >= 15 is 0 Å². The van der Waals surface area contributed by atoms with Crippen LogP contribution in [0.5, 0.6) is 5.75 Å². The first kappa shape index (κ1) is 17.7. The van der Waals surface area contributed by atoms with Gasteiger partial charge in [0.2, 0.25) is 5.91 Å². The van der Waals surface area contributed by atoms with Crippen LogP contribution in [0.25, 0.3) is 0 Å². The van der Waals surface area contributed by atoms with Crippen LogP contribution in [-0.2, 0) is 16.1 Å². The summed E-state index contributed by atoms with van der Waals surface area (Å²) in [6, 6.07) is 14.5. The molecule has 1 saturated carbocycles. The number of carbonyl (C=O) groups excluding carboxylic acids is 2. The van der Waals surface area contributed by atoms with E-state index in [-0.39, 0.29) is 17.8 Å². The van der Waals surface area contributed by atoms with Crippen LogP contribution in [0.4, 0.5) is 0 Å². The van der Waals surface area contributed by atoms with Crippen molar-refractivity contribution < 1.29 is 19.1 Å². The Labute approximate surface area is 151 Å². The number of carbonyl (C=O) groups is 2. The van der Waals surface area contributed by atoms with Crippen LogP contribution in [0.1, 0.15) is 34.3 Å². The number of benzene rings is 2. The Morgan fingerprint density at radius 1 is 1.15 bits per heavy atom. The molecule has 1 aliphatic carbocycles. The molecule has 0 unspecified atom stereocenters. The van der Waals surface area contributed by atoms with Gasteiger partial charge in [-0.05, 0) is 42.7 Å². The standard InChI is InChI=1S/C20H20N2O4/c1-25-20(24)16-8-6-14(7-9-16)13-26-18-5-3-2-4-17(18)12-21-22-19(23)15-10-11-15/h2-9,12,15H,10-11,13H2,1H3,(H,22,23)/b21-12-. The van der Waals surface area contributed by atoms with Crippen LogP contribution in [0.3, 0.4) is 0 Å². The fourth-order valence-electron chi connectivity index (χ4n) is 2.34. The molecule has 26 heavy (non-hydrogen) atoms. The zero-order valence-electron chi connectivity index (χ0n) is 14.5. The SMILES string of the molecule is COC(=O)c1ccc(COc2ccccc2/C=N\NC(=O)C2CC2)cc1. The average molecular weight is 352 g/mol. The molecule has 6 heteroatoms. The normalized spacial score (nSPS) is 13.4. The first-order chi connectivity index (χ1) is 12.7. The van der Waals surface area contributed by atoms with Crippen molar-refractivity contribution in [2.24, 2.45) is 11.0 Å². The number of nitrogens with zero attached hydrogens (tertiary/aromatic N) is 1. The first-order valence-corrected chi connectivity index (χ1v) is 8.39. The van der Waals surface area contributed by atoms with E-state index in [0.717, 1.165) is 24.0 Å². The summed E-state index contributed by atoms with van der Waals surface area (Å²) in [6.07, 6.45) is 3.46. The Bertz CT molecular complexity index is 811. The third kappa shape index (κ3) is 4.69. The molecule has 0 heterocycles. The molecule has 0 aromatic heterocycles. The molecule has 0 bridgehead atoms. The molecule has 1 amide bonds. The second kappa shape index (κ2) is 8.29. The minimum atomic E-state index is -0.368. The molecule has 0 aliphatic heterocycles. The van der Waals surface area contributed by atoms with Gasteiger partial charge in [0.15, 0.2) is 0 Å². The van der Waals surface area contributed by atoms with Gasteiger partial charge >= 0.3 is 5.97 Å². The zero-order valence-corrected chi connectivity index (χ0v) is 14.5. The number of hydrazone groups is 1. The molecular formula is C20H20N2O4. The molecule has 6 nitrogen and oxygen atoms in total. The highest BCUT2D eigenvalue weighted by atomic mass is 16.5. The average Bonchev–Trinajstić information content (AvgIpc) is 3.52. The third-order valence-corrected chi connectivity index (χ3v) is 4.01. The van der Waals surface area contributed by atoms with E-state index in [2.05, 4.69) is 15.3 Å². The highest BCUT2D eigenvalue weighted by Crippen LogP contribution is 2.28. The Morgan fingerprint density at radius 3 is 2.58 bits per heavy atom. The molecular weight excluding hydrogens is 332 g/mol. The topological polar surface area (TPSA) is 77.0 Å². The molecule has 0 spiro atoms. The molecule has 3 rings (SSSR count). The predicted molar refractivity (Wildman–Crippen MR) is 97.0 cm³/mol. The molecule has 1 fully saturated rings. The molecule has 0 atom stereocenters. The van der Waals surface area contributed by atoms with Crippen molar-refractivity contribution >= 4 is 18.1 Å². The van der Waals surface area contributed by atoms with Gasteiger partial charge in [0, 0.05) is 11.5 Å². The number of nitrogens with one attached hydrogen (secondary N) is 1. The molecule has 0 radical (unpaired) electrons. The molecule has 2 aromatic carbocycles. The maximum Gasteiger partial charge on any atom is 0.337 e. The van der Waals surface area contributed by atoms with Crippen molar-refractivity contribution in [1.82, 2.24) is 5.43 Å². The highest BCUT2D eigenvalue weighted by Gasteiger charge is 2.29. The zero-order chi connectivity index (χ0) is 18.4. The molecule has 1 aliphatic rings. The van der Waals surface area contributed by atoms with Crippen molar-refractivity contribution in [3.63, 3.8) is 0 Å². The van der Waals surface area contributed by atoms with Crippen LogP contribution in [0, 0.1) is 5.92 Å². The maximum atomic E-state index is 11.6. The lowest BCUT2D eigenvalue weighted by Gasteiger charge is -2.09. The van der Waals surface area contributed by atoms with E-state index in [1.807, 2.05) is 36.4 Å². The lowest BCUT2D eigenvalue weighted by Crippen LogP contribution is -2.19. The maximum absolute atomic E-state index is 11.6. The number of methoxy groups -OCH3 is 1. The highest BCUT2D eigenvalue weighted by molar-refractivity contribution is 5.89. The third-order valence-electron chi connectivity index (χ3n) is 4.01. The van der Waals surface area contributed by atoms with Crippen molar-refractivity contribution in [3.05, 3.63) is 65.2 Å². The van der Waals surface area contributed by atoms with Crippen molar-refractivity contribution in [1.29, 1.82) is 0 Å². The number of esters is 1. The predicted octanol–water partition coefficient (Wildman–Crippen LogP) is 2.91. The Hall–Kier alpha value is -3.15. The van der Waals surface area contributed by atoms with Crippen molar-refractivity contribution in [3.8, 4) is 5.75 Å². The van der Waals surface area contributed by atoms with Gasteiger partial charge in [0.05, 0.1) is 18.9 Å². The van der Waals surface area contributed by atoms with Crippen molar-refractivity contribution in [2.75, 3.05) is 7.11 Å². The monoisotopic (exact) mass is 352 g/mol. The smallest absolute Gasteiger partial charge is 0.337 e. The summed E-state index contributed by atoms with van der Waals surface area (Å²) in [7, 11) is 1.35. The first-order valence-electron chi connectivity index (χ1n) is 8.39. The largest absolute Gasteiger partial charge is 0.488 e. The summed E-state index contributed by atoms with van der Waals surface area (Å²) in [5, 5.41) is 4.00. The van der Waals surface area contributed by atoms with E-state index < -0.39 is 0 Å². The summed E-state index contributed by atoms with van der Waals surface area (Å²) in [5.41, 5.74) is 4.74. The summed E-state index contributed by atoms with van der Waals surface area (Å²) in [5.74, 6) is 0.373. The Balaban J connectivity index is 1.60. The van der Waals surface area contributed by atoms with E-state index in [9.17, 15) is 9.59 Å². The van der Waals surface area contributed by atoms with E-state index in [1.165, 1.54) is 7.11 Å². The molecule has 0 saturated heterocycles. The second-order valence-electron chi connectivity index (χ2n) is 6.02. The minimum Gasteiger partial charge on any atom is -0.488 e. The van der Waals surface area contributed by atoms with Gasteiger partial charge in [-0.25, -0.2) is 10.2 Å². The summed E-state index contributed by atoms with van der Waals surface area (Å²) in [6.45, 7) is 0.348. The molecule has 2 aromatic rings. The van der Waals surface area contributed by atoms with Crippen LogP contribution in [0.2, 0.25) is 0 Å². The molecule has 134 valence electrons. The number of rotatable bonds is 7. The van der Waals surface area contributed by atoms with Gasteiger partial charge in [-0.2, -0.15) is 5.10 Å². The van der Waals surface area contributed by atoms with E-state index in [1.54, 1.807) is 18.3 Å². The summed E-state index contributed by atoms with van der Waals surface area (Å²) < 4.78 is 10.5. The van der Waals surface area contributed by atoms with Crippen LogP contribution < -0.4 is 10.2 Å². The van der Waals surface area contributed by atoms with Gasteiger partial charge in [0.25, 0.3) is 0 Å². The number of hydrogen-bond donors (Lipinski definition) is 1. The summed E-state index contributed by atoms with van der Waals surface area (Å²) in [4.78, 5) is 23.0. The fourth-order valence-corrected chi connectivity index (χ4v) is 2.34. The van der Waals surface area contributed by atoms with Gasteiger partial charge in [-0.3, -0.25) is 4.79 Å².